The fraction of sp³-hybridized carbons (Fsp3) is 0.154. The Morgan fingerprint density at radius 1 is 0.970 bits per heavy atom. The third-order valence-corrected chi connectivity index (χ3v) is 5.63. The van der Waals surface area contributed by atoms with E-state index in [1.54, 1.807) is 36.9 Å². The molecule has 0 radical (unpaired) electrons. The van der Waals surface area contributed by atoms with Crippen molar-refractivity contribution in [3.8, 4) is 5.75 Å². The lowest BCUT2D eigenvalue weighted by Gasteiger charge is -2.39. The van der Waals surface area contributed by atoms with E-state index in [2.05, 4.69) is 15.6 Å². The molecule has 0 aliphatic carbocycles. The molecule has 1 aliphatic rings. The molecule has 0 bridgehead atoms. The predicted octanol–water partition coefficient (Wildman–Crippen LogP) is 5.52. The third-order valence-electron chi connectivity index (χ3n) is 5.63. The van der Waals surface area contributed by atoms with Gasteiger partial charge in [-0.05, 0) is 55.1 Å². The third kappa shape index (κ3) is 4.13. The van der Waals surface area contributed by atoms with Crippen molar-refractivity contribution >= 4 is 39.9 Å². The number of hydrogen-bond donors (Lipinski definition) is 3. The van der Waals surface area contributed by atoms with Crippen LogP contribution in [0.2, 0.25) is 0 Å². The van der Waals surface area contributed by atoms with Gasteiger partial charge in [0.1, 0.15) is 5.75 Å². The van der Waals surface area contributed by atoms with Gasteiger partial charge in [-0.3, -0.25) is 4.79 Å². The molecule has 4 aromatic rings. The van der Waals surface area contributed by atoms with Crippen LogP contribution in [-0.4, -0.2) is 22.5 Å². The molecule has 2 heterocycles. The van der Waals surface area contributed by atoms with Gasteiger partial charge < -0.3 is 25.3 Å². The van der Waals surface area contributed by atoms with E-state index in [9.17, 15) is 9.59 Å². The number of carbonyl (C=O) groups is 2. The molecule has 0 unspecified atom stereocenters. The zero-order chi connectivity index (χ0) is 23.0. The van der Waals surface area contributed by atoms with Gasteiger partial charge in [0.25, 0.3) is 5.91 Å². The Bertz CT molecular complexity index is 1340. The Kier molecular flexibility index (Phi) is 5.01. The molecule has 3 N–H and O–H groups in total. The zero-order valence-corrected chi connectivity index (χ0v) is 18.4. The molecule has 0 saturated heterocycles. The second-order valence-electron chi connectivity index (χ2n) is 8.53. The smallest absolute Gasteiger partial charge is 0.323 e. The van der Waals surface area contributed by atoms with Crippen molar-refractivity contribution in [2.24, 2.45) is 0 Å². The van der Waals surface area contributed by atoms with Gasteiger partial charge in [-0.15, -0.1) is 0 Å². The zero-order valence-electron chi connectivity index (χ0n) is 18.4. The van der Waals surface area contributed by atoms with Crippen molar-refractivity contribution < 1.29 is 14.3 Å². The number of H-pyrrole nitrogens is 1. The molecule has 0 spiro atoms. The summed E-state index contributed by atoms with van der Waals surface area (Å²) < 4.78 is 6.01. The highest BCUT2D eigenvalue weighted by atomic mass is 16.5. The van der Waals surface area contributed by atoms with E-state index in [0.29, 0.717) is 29.4 Å². The van der Waals surface area contributed by atoms with Crippen LogP contribution in [0.5, 0.6) is 5.75 Å². The van der Waals surface area contributed by atoms with E-state index in [-0.39, 0.29) is 11.9 Å². The van der Waals surface area contributed by atoms with Gasteiger partial charge in [0, 0.05) is 29.2 Å². The van der Waals surface area contributed by atoms with Crippen LogP contribution in [0.4, 0.5) is 21.9 Å². The number of urea groups is 1. The molecule has 0 fully saturated rings. The average Bonchev–Trinajstić information content (AvgIpc) is 3.25. The van der Waals surface area contributed by atoms with Gasteiger partial charge >= 0.3 is 6.03 Å². The van der Waals surface area contributed by atoms with Crippen LogP contribution in [-0.2, 0) is 11.3 Å². The van der Waals surface area contributed by atoms with Crippen LogP contribution in [0.3, 0.4) is 0 Å². The lowest BCUT2D eigenvalue weighted by atomic mass is 10.0. The molecule has 1 aliphatic heterocycles. The Labute approximate surface area is 191 Å². The minimum atomic E-state index is -1.02. The molecule has 5 rings (SSSR count). The lowest BCUT2D eigenvalue weighted by Crippen LogP contribution is -2.52. The van der Waals surface area contributed by atoms with Crippen LogP contribution in [0.1, 0.15) is 19.4 Å². The molecule has 33 heavy (non-hydrogen) atoms. The van der Waals surface area contributed by atoms with Gasteiger partial charge in [0.2, 0.25) is 0 Å². The average molecular weight is 441 g/mol. The maximum absolute atomic E-state index is 13.1. The maximum atomic E-state index is 13.1. The summed E-state index contributed by atoms with van der Waals surface area (Å²) in [6, 6.07) is 22.4. The minimum Gasteiger partial charge on any atom is -0.476 e. The van der Waals surface area contributed by atoms with Crippen molar-refractivity contribution in [2.75, 3.05) is 15.5 Å². The number of ether oxygens (including phenoxy) is 1. The Morgan fingerprint density at radius 3 is 2.48 bits per heavy atom. The SMILES string of the molecule is CC1(C)Oc2cc(NC(=O)Nc3ccc4cc[nH]c4c3)ccc2N(Cc2ccccc2)C1=O. The molecule has 3 aromatic carbocycles. The molecule has 7 nitrogen and oxygen atoms in total. The van der Waals surface area contributed by atoms with Gasteiger partial charge in [-0.2, -0.15) is 0 Å². The first-order valence-electron chi connectivity index (χ1n) is 10.7. The van der Waals surface area contributed by atoms with E-state index in [0.717, 1.165) is 16.5 Å². The second kappa shape index (κ2) is 8.02. The maximum Gasteiger partial charge on any atom is 0.323 e. The van der Waals surface area contributed by atoms with Gasteiger partial charge in [0.05, 0.1) is 12.2 Å². The number of aromatic nitrogens is 1. The first-order valence-corrected chi connectivity index (χ1v) is 10.7. The highest BCUT2D eigenvalue weighted by Gasteiger charge is 2.41. The van der Waals surface area contributed by atoms with Gasteiger partial charge in [-0.1, -0.05) is 36.4 Å². The number of hydrogen-bond acceptors (Lipinski definition) is 3. The van der Waals surface area contributed by atoms with Crippen molar-refractivity contribution in [3.05, 3.63) is 84.6 Å². The predicted molar refractivity (Wildman–Crippen MR) is 130 cm³/mol. The molecule has 166 valence electrons. The molecular formula is C26H24N4O3. The normalized spacial score (nSPS) is 14.5. The summed E-state index contributed by atoms with van der Waals surface area (Å²) >= 11 is 0. The van der Waals surface area contributed by atoms with Crippen LogP contribution in [0.15, 0.2) is 79.0 Å². The first kappa shape index (κ1) is 20.6. The number of carbonyl (C=O) groups excluding carboxylic acids is 2. The van der Waals surface area contributed by atoms with E-state index < -0.39 is 5.60 Å². The number of benzene rings is 3. The summed E-state index contributed by atoms with van der Waals surface area (Å²) in [5, 5.41) is 6.76. The molecule has 0 atom stereocenters. The van der Waals surface area contributed by atoms with Crippen molar-refractivity contribution in [2.45, 2.75) is 26.0 Å². The van der Waals surface area contributed by atoms with Gasteiger partial charge in [0.15, 0.2) is 5.60 Å². The molecule has 0 saturated carbocycles. The monoisotopic (exact) mass is 440 g/mol. The summed E-state index contributed by atoms with van der Waals surface area (Å²) in [5.74, 6) is 0.429. The lowest BCUT2D eigenvalue weighted by molar-refractivity contribution is -0.132. The van der Waals surface area contributed by atoms with Gasteiger partial charge in [-0.25, -0.2) is 4.79 Å². The highest BCUT2D eigenvalue weighted by Crippen LogP contribution is 2.40. The molecular weight excluding hydrogens is 416 g/mol. The quantitative estimate of drug-likeness (QED) is 0.391. The molecule has 3 amide bonds. The van der Waals surface area contributed by atoms with Crippen molar-refractivity contribution in [1.29, 1.82) is 0 Å². The fourth-order valence-corrected chi connectivity index (χ4v) is 3.99. The largest absolute Gasteiger partial charge is 0.476 e. The number of rotatable bonds is 4. The van der Waals surface area contributed by atoms with E-state index in [4.69, 9.17) is 4.74 Å². The van der Waals surface area contributed by atoms with Crippen LogP contribution in [0.25, 0.3) is 10.9 Å². The van der Waals surface area contributed by atoms with Crippen LogP contribution < -0.4 is 20.3 Å². The number of nitrogens with one attached hydrogen (secondary N) is 3. The van der Waals surface area contributed by atoms with Crippen molar-refractivity contribution in [3.63, 3.8) is 0 Å². The Morgan fingerprint density at radius 2 is 1.70 bits per heavy atom. The Hall–Kier alpha value is -4.26. The number of nitrogens with zero attached hydrogens (tertiary/aromatic N) is 1. The fourth-order valence-electron chi connectivity index (χ4n) is 3.99. The summed E-state index contributed by atoms with van der Waals surface area (Å²) in [4.78, 5) is 30.5. The number of aromatic amines is 1. The minimum absolute atomic E-state index is 0.114. The second-order valence-corrected chi connectivity index (χ2v) is 8.53. The molecule has 1 aromatic heterocycles. The first-order chi connectivity index (χ1) is 15.9. The topological polar surface area (TPSA) is 86.5 Å². The summed E-state index contributed by atoms with van der Waals surface area (Å²) in [6.07, 6.45) is 1.86. The van der Waals surface area contributed by atoms with E-state index in [1.165, 1.54) is 0 Å². The summed E-state index contributed by atoms with van der Waals surface area (Å²) in [7, 11) is 0. The van der Waals surface area contributed by atoms with E-state index >= 15 is 0 Å². The van der Waals surface area contributed by atoms with Crippen molar-refractivity contribution in [1.82, 2.24) is 4.98 Å². The molecule has 7 heteroatoms. The van der Waals surface area contributed by atoms with Crippen LogP contribution >= 0.6 is 0 Å². The highest BCUT2D eigenvalue weighted by molar-refractivity contribution is 6.04. The standard InChI is InChI=1S/C26H24N4O3/c1-26(2)24(31)30(16-17-6-4-3-5-7-17)22-11-10-20(15-23(22)33-26)29-25(32)28-19-9-8-18-12-13-27-21(18)14-19/h3-15,27H,16H2,1-2H3,(H2,28,29,32). The number of anilines is 3. The summed E-state index contributed by atoms with van der Waals surface area (Å²) in [6.45, 7) is 3.94. The number of fused-ring (bicyclic) bond motifs is 2. The summed E-state index contributed by atoms with van der Waals surface area (Å²) in [5.41, 5.74) is 2.87. The van der Waals surface area contributed by atoms with E-state index in [1.807, 2.05) is 60.8 Å². The number of amides is 3. The Balaban J connectivity index is 1.36. The van der Waals surface area contributed by atoms with Crippen LogP contribution in [0, 0.1) is 0 Å².